The van der Waals surface area contributed by atoms with E-state index in [1.54, 1.807) is 39.1 Å². The topological polar surface area (TPSA) is 84.1 Å². The number of pyridine rings is 1. The summed E-state index contributed by atoms with van der Waals surface area (Å²) in [6.07, 6.45) is 1.69. The SMILES string of the molecule is CCOC(=O)c1c(C)[nH]c(C(=O)Nc2cccc(C#Cc3ccccn3)c2)c1C. The molecule has 3 aromatic rings. The van der Waals surface area contributed by atoms with Crippen molar-refractivity contribution >= 4 is 17.6 Å². The average Bonchev–Trinajstić information content (AvgIpc) is 3.02. The molecule has 0 unspecified atom stereocenters. The quantitative estimate of drug-likeness (QED) is 0.526. The monoisotopic (exact) mass is 387 g/mol. The third kappa shape index (κ3) is 4.71. The maximum Gasteiger partial charge on any atom is 0.340 e. The van der Waals surface area contributed by atoms with Crippen LogP contribution >= 0.6 is 0 Å². The van der Waals surface area contributed by atoms with Gasteiger partial charge in [0.25, 0.3) is 5.91 Å². The molecule has 6 nitrogen and oxygen atoms in total. The van der Waals surface area contributed by atoms with Crippen LogP contribution < -0.4 is 5.32 Å². The van der Waals surface area contributed by atoms with Crippen molar-refractivity contribution in [3.05, 3.63) is 82.4 Å². The number of anilines is 1. The van der Waals surface area contributed by atoms with Crippen LogP contribution in [0, 0.1) is 25.7 Å². The molecular formula is C23H21N3O3. The fourth-order valence-electron chi connectivity index (χ4n) is 2.93. The highest BCUT2D eigenvalue weighted by Gasteiger charge is 2.22. The van der Waals surface area contributed by atoms with Crippen LogP contribution in [0.25, 0.3) is 0 Å². The number of aromatic amines is 1. The minimum absolute atomic E-state index is 0.275. The molecule has 0 spiro atoms. The zero-order valence-corrected chi connectivity index (χ0v) is 16.5. The van der Waals surface area contributed by atoms with Crippen molar-refractivity contribution in [3.8, 4) is 11.8 Å². The van der Waals surface area contributed by atoms with Crippen molar-refractivity contribution in [3.63, 3.8) is 0 Å². The lowest BCUT2D eigenvalue weighted by molar-refractivity contribution is 0.0525. The molecule has 1 aromatic carbocycles. The van der Waals surface area contributed by atoms with Crippen molar-refractivity contribution in [2.75, 3.05) is 11.9 Å². The number of carbonyl (C=O) groups excluding carboxylic acids is 2. The zero-order valence-electron chi connectivity index (χ0n) is 16.5. The predicted molar refractivity (Wildman–Crippen MR) is 111 cm³/mol. The number of amides is 1. The van der Waals surface area contributed by atoms with Gasteiger partial charge in [0.15, 0.2) is 0 Å². The summed E-state index contributed by atoms with van der Waals surface area (Å²) in [6, 6.07) is 12.8. The van der Waals surface area contributed by atoms with Gasteiger partial charge in [-0.25, -0.2) is 9.78 Å². The first-order chi connectivity index (χ1) is 14.0. The largest absolute Gasteiger partial charge is 0.462 e. The molecule has 29 heavy (non-hydrogen) atoms. The maximum absolute atomic E-state index is 12.7. The third-order valence-corrected chi connectivity index (χ3v) is 4.26. The Hall–Kier alpha value is -3.85. The predicted octanol–water partition coefficient (Wildman–Crippen LogP) is 3.86. The lowest BCUT2D eigenvalue weighted by atomic mass is 10.1. The van der Waals surface area contributed by atoms with Crippen LogP contribution in [0.2, 0.25) is 0 Å². The second kappa shape index (κ2) is 8.89. The number of esters is 1. The molecule has 0 fully saturated rings. The molecule has 6 heteroatoms. The summed E-state index contributed by atoms with van der Waals surface area (Å²) in [4.78, 5) is 32.0. The number of rotatable bonds is 4. The second-order valence-electron chi connectivity index (χ2n) is 6.35. The van der Waals surface area contributed by atoms with E-state index in [1.165, 1.54) is 0 Å². The molecule has 0 saturated carbocycles. The first-order valence-corrected chi connectivity index (χ1v) is 9.20. The fourth-order valence-corrected chi connectivity index (χ4v) is 2.93. The van der Waals surface area contributed by atoms with Crippen LogP contribution in [-0.2, 0) is 4.74 Å². The minimum Gasteiger partial charge on any atom is -0.462 e. The summed E-state index contributed by atoms with van der Waals surface area (Å²) in [5, 5.41) is 2.84. The molecule has 0 saturated heterocycles. The van der Waals surface area contributed by atoms with Gasteiger partial charge in [-0.3, -0.25) is 4.79 Å². The van der Waals surface area contributed by atoms with E-state index in [9.17, 15) is 9.59 Å². The van der Waals surface area contributed by atoms with Crippen LogP contribution in [0.15, 0.2) is 48.7 Å². The Labute approximate surface area is 169 Å². The number of hydrogen-bond donors (Lipinski definition) is 2. The molecular weight excluding hydrogens is 366 g/mol. The van der Waals surface area contributed by atoms with Gasteiger partial charge in [0, 0.05) is 23.1 Å². The van der Waals surface area contributed by atoms with E-state index in [4.69, 9.17) is 4.74 Å². The van der Waals surface area contributed by atoms with E-state index in [0.717, 1.165) is 5.56 Å². The molecule has 0 aliphatic carbocycles. The number of hydrogen-bond acceptors (Lipinski definition) is 4. The Kier molecular flexibility index (Phi) is 6.10. The molecule has 3 rings (SSSR count). The van der Waals surface area contributed by atoms with Crippen molar-refractivity contribution in [2.24, 2.45) is 0 Å². The summed E-state index contributed by atoms with van der Waals surface area (Å²) in [5.74, 6) is 5.24. The van der Waals surface area contributed by atoms with Gasteiger partial charge in [-0.15, -0.1) is 0 Å². The normalized spacial score (nSPS) is 10.0. The number of aryl methyl sites for hydroxylation is 1. The molecule has 0 bridgehead atoms. The number of aromatic nitrogens is 2. The van der Waals surface area contributed by atoms with Gasteiger partial charge in [-0.2, -0.15) is 0 Å². The van der Waals surface area contributed by atoms with E-state index in [1.807, 2.05) is 30.3 Å². The molecule has 0 aliphatic heterocycles. The van der Waals surface area contributed by atoms with E-state index in [0.29, 0.717) is 33.9 Å². The van der Waals surface area contributed by atoms with E-state index >= 15 is 0 Å². The Balaban J connectivity index is 1.79. The van der Waals surface area contributed by atoms with Crippen LogP contribution in [0.4, 0.5) is 5.69 Å². The Morgan fingerprint density at radius 2 is 1.97 bits per heavy atom. The molecule has 0 aliphatic rings. The lowest BCUT2D eigenvalue weighted by Gasteiger charge is -2.06. The van der Waals surface area contributed by atoms with Crippen molar-refractivity contribution < 1.29 is 14.3 Å². The number of benzene rings is 1. The van der Waals surface area contributed by atoms with Crippen molar-refractivity contribution in [2.45, 2.75) is 20.8 Å². The van der Waals surface area contributed by atoms with Crippen LogP contribution in [-0.4, -0.2) is 28.5 Å². The van der Waals surface area contributed by atoms with Gasteiger partial charge >= 0.3 is 5.97 Å². The number of nitrogens with zero attached hydrogens (tertiary/aromatic N) is 1. The zero-order chi connectivity index (χ0) is 20.8. The summed E-state index contributed by atoms with van der Waals surface area (Å²) in [7, 11) is 0. The van der Waals surface area contributed by atoms with Gasteiger partial charge in [0.05, 0.1) is 12.2 Å². The lowest BCUT2D eigenvalue weighted by Crippen LogP contribution is -2.14. The average molecular weight is 387 g/mol. The van der Waals surface area contributed by atoms with Crippen LogP contribution in [0.5, 0.6) is 0 Å². The van der Waals surface area contributed by atoms with E-state index in [2.05, 4.69) is 27.1 Å². The van der Waals surface area contributed by atoms with Crippen molar-refractivity contribution in [1.29, 1.82) is 0 Å². The van der Waals surface area contributed by atoms with Gasteiger partial charge in [-0.1, -0.05) is 18.1 Å². The molecule has 2 aromatic heterocycles. The Morgan fingerprint density at radius 3 is 2.69 bits per heavy atom. The number of nitrogens with one attached hydrogen (secondary N) is 2. The standard InChI is InChI=1S/C23H21N3O3/c1-4-29-23(28)20-15(2)21(25-16(20)3)22(27)26-19-10-7-8-17(14-19)11-12-18-9-5-6-13-24-18/h5-10,13-14,25H,4H2,1-3H3,(H,26,27). The fraction of sp³-hybridized carbons (Fsp3) is 0.174. The van der Waals surface area contributed by atoms with E-state index in [-0.39, 0.29) is 12.5 Å². The van der Waals surface area contributed by atoms with Crippen molar-refractivity contribution in [1.82, 2.24) is 9.97 Å². The Morgan fingerprint density at radius 1 is 1.14 bits per heavy atom. The molecule has 0 radical (unpaired) electrons. The van der Waals surface area contributed by atoms with Crippen LogP contribution in [0.1, 0.15) is 50.3 Å². The third-order valence-electron chi connectivity index (χ3n) is 4.26. The summed E-state index contributed by atoms with van der Waals surface area (Å²) < 4.78 is 5.07. The first-order valence-electron chi connectivity index (χ1n) is 9.20. The number of H-pyrrole nitrogens is 1. The first kappa shape index (κ1) is 19.9. The highest BCUT2D eigenvalue weighted by molar-refractivity contribution is 6.06. The summed E-state index contributed by atoms with van der Waals surface area (Å²) >= 11 is 0. The van der Waals surface area contributed by atoms with Gasteiger partial charge in [0.2, 0.25) is 0 Å². The molecule has 146 valence electrons. The van der Waals surface area contributed by atoms with Gasteiger partial charge in [-0.05, 0) is 62.6 Å². The van der Waals surface area contributed by atoms with E-state index < -0.39 is 5.97 Å². The minimum atomic E-state index is -0.440. The highest BCUT2D eigenvalue weighted by Crippen LogP contribution is 2.20. The van der Waals surface area contributed by atoms with Crippen LogP contribution in [0.3, 0.4) is 0 Å². The molecule has 2 heterocycles. The molecule has 1 amide bonds. The highest BCUT2D eigenvalue weighted by atomic mass is 16.5. The van der Waals surface area contributed by atoms with Gasteiger partial charge in [0.1, 0.15) is 11.4 Å². The smallest absolute Gasteiger partial charge is 0.340 e. The second-order valence-corrected chi connectivity index (χ2v) is 6.35. The summed E-state index contributed by atoms with van der Waals surface area (Å²) in [6.45, 7) is 5.48. The van der Waals surface area contributed by atoms with Gasteiger partial charge < -0.3 is 15.0 Å². The maximum atomic E-state index is 12.7. The number of carbonyl (C=O) groups is 2. The summed E-state index contributed by atoms with van der Waals surface area (Å²) in [5.41, 5.74) is 3.91. The number of ether oxygens (including phenoxy) is 1. The molecule has 2 N–H and O–H groups in total. The Bertz CT molecular complexity index is 1110. The molecule has 0 atom stereocenters.